The number of benzene rings is 1. The van der Waals surface area contributed by atoms with Gasteiger partial charge in [-0.05, 0) is 50.5 Å². The molecule has 2 atom stereocenters. The van der Waals surface area contributed by atoms with Gasteiger partial charge in [-0.2, -0.15) is 0 Å². The van der Waals surface area contributed by atoms with Crippen LogP contribution in [0.5, 0.6) is 0 Å². The molecular formula is C18H27N3O4S. The van der Waals surface area contributed by atoms with Gasteiger partial charge in [0.1, 0.15) is 0 Å². The molecule has 0 saturated carbocycles. The molecule has 2 N–H and O–H groups in total. The second-order valence-electron chi connectivity index (χ2n) is 6.76. The summed E-state index contributed by atoms with van der Waals surface area (Å²) < 4.78 is 27.4. The molecule has 0 saturated heterocycles. The van der Waals surface area contributed by atoms with Crippen molar-refractivity contribution in [3.63, 3.8) is 0 Å². The van der Waals surface area contributed by atoms with Gasteiger partial charge < -0.3 is 10.2 Å². The van der Waals surface area contributed by atoms with Crippen LogP contribution in [0.25, 0.3) is 0 Å². The lowest BCUT2D eigenvalue weighted by molar-refractivity contribution is -0.121. The van der Waals surface area contributed by atoms with Gasteiger partial charge in [0.2, 0.25) is 21.8 Å². The number of amides is 2. The molecular weight excluding hydrogens is 354 g/mol. The van der Waals surface area contributed by atoms with Crippen molar-refractivity contribution >= 4 is 27.5 Å². The lowest BCUT2D eigenvalue weighted by Gasteiger charge is -2.20. The Morgan fingerprint density at radius 3 is 2.65 bits per heavy atom. The van der Waals surface area contributed by atoms with Crippen molar-refractivity contribution in [3.05, 3.63) is 23.8 Å². The van der Waals surface area contributed by atoms with Gasteiger partial charge in [0.05, 0.1) is 4.90 Å². The molecule has 0 bridgehead atoms. The Morgan fingerprint density at radius 2 is 2.04 bits per heavy atom. The fraction of sp³-hybridized carbons (Fsp3) is 0.556. The zero-order valence-corrected chi connectivity index (χ0v) is 16.5. The van der Waals surface area contributed by atoms with Crippen molar-refractivity contribution in [3.8, 4) is 0 Å². The van der Waals surface area contributed by atoms with E-state index in [1.807, 2.05) is 20.8 Å². The molecule has 7 nitrogen and oxygen atoms in total. The number of nitrogens with one attached hydrogen (secondary N) is 2. The van der Waals surface area contributed by atoms with Crippen molar-refractivity contribution in [1.29, 1.82) is 0 Å². The van der Waals surface area contributed by atoms with Crippen molar-refractivity contribution in [2.75, 3.05) is 11.4 Å². The Bertz CT molecular complexity index is 792. The second-order valence-corrected chi connectivity index (χ2v) is 8.52. The van der Waals surface area contributed by atoms with E-state index in [0.717, 1.165) is 17.7 Å². The number of nitrogens with zero attached hydrogens (tertiary/aromatic N) is 1. The molecule has 1 aliphatic rings. The third kappa shape index (κ3) is 4.62. The minimum atomic E-state index is -3.70. The van der Waals surface area contributed by atoms with Gasteiger partial charge in [0, 0.05) is 37.7 Å². The average molecular weight is 381 g/mol. The highest BCUT2D eigenvalue weighted by molar-refractivity contribution is 7.89. The Balaban J connectivity index is 2.03. The molecule has 26 heavy (non-hydrogen) atoms. The van der Waals surface area contributed by atoms with Gasteiger partial charge in [-0.25, -0.2) is 13.1 Å². The van der Waals surface area contributed by atoms with Crippen LogP contribution < -0.4 is 14.9 Å². The molecule has 1 aromatic rings. The molecule has 0 radical (unpaired) electrons. The summed E-state index contributed by atoms with van der Waals surface area (Å²) in [7, 11) is -3.70. The molecule has 8 heteroatoms. The highest BCUT2D eigenvalue weighted by Gasteiger charge is 2.30. The first-order valence-electron chi connectivity index (χ1n) is 8.87. The maximum atomic E-state index is 12.5. The number of fused-ring (bicyclic) bond motifs is 1. The highest BCUT2D eigenvalue weighted by Crippen LogP contribution is 2.33. The zero-order valence-electron chi connectivity index (χ0n) is 15.7. The molecule has 1 aliphatic heterocycles. The summed E-state index contributed by atoms with van der Waals surface area (Å²) in [5, 5.41) is 2.80. The maximum absolute atomic E-state index is 12.5. The van der Waals surface area contributed by atoms with Gasteiger partial charge >= 0.3 is 0 Å². The maximum Gasteiger partial charge on any atom is 0.240 e. The van der Waals surface area contributed by atoms with E-state index in [-0.39, 0.29) is 41.8 Å². The van der Waals surface area contributed by atoms with Crippen LogP contribution in [0.1, 0.15) is 46.1 Å². The molecule has 144 valence electrons. The van der Waals surface area contributed by atoms with Gasteiger partial charge in [-0.1, -0.05) is 6.92 Å². The Hall–Kier alpha value is -1.93. The first-order chi connectivity index (χ1) is 12.2. The standard InChI is InChI=1S/C18H27N3O4S/c1-5-12(2)20-18(23)8-9-19-26(24,25)16-6-7-17-15(11-16)10-13(3)21(17)14(4)22/h6-7,11-13,19H,5,8-10H2,1-4H3,(H,20,23)/t12-,13-/m1/s1. The molecule has 2 rings (SSSR count). The van der Waals surface area contributed by atoms with Gasteiger partial charge in [-0.15, -0.1) is 0 Å². The van der Waals surface area contributed by atoms with E-state index in [2.05, 4.69) is 10.0 Å². The third-order valence-electron chi connectivity index (χ3n) is 4.58. The third-order valence-corrected chi connectivity index (χ3v) is 6.04. The average Bonchev–Trinajstić information content (AvgIpc) is 2.89. The first-order valence-corrected chi connectivity index (χ1v) is 10.4. The highest BCUT2D eigenvalue weighted by atomic mass is 32.2. The van der Waals surface area contributed by atoms with E-state index >= 15 is 0 Å². The van der Waals surface area contributed by atoms with Crippen LogP contribution in [-0.4, -0.2) is 38.9 Å². The summed E-state index contributed by atoms with van der Waals surface area (Å²) in [5.41, 5.74) is 1.60. The van der Waals surface area contributed by atoms with Crippen LogP contribution in [0.15, 0.2) is 23.1 Å². The monoisotopic (exact) mass is 381 g/mol. The minimum Gasteiger partial charge on any atom is -0.354 e. The van der Waals surface area contributed by atoms with Crippen molar-refractivity contribution in [2.45, 2.75) is 63.9 Å². The summed E-state index contributed by atoms with van der Waals surface area (Å²) in [4.78, 5) is 25.3. The number of hydrogen-bond acceptors (Lipinski definition) is 4. The Morgan fingerprint density at radius 1 is 1.35 bits per heavy atom. The second kappa shape index (κ2) is 8.18. The summed E-state index contributed by atoms with van der Waals surface area (Å²) in [5.74, 6) is -0.237. The van der Waals surface area contributed by atoms with Crippen LogP contribution in [0.3, 0.4) is 0 Å². The van der Waals surface area contributed by atoms with E-state index in [1.54, 1.807) is 17.0 Å². The number of carbonyl (C=O) groups excluding carboxylic acids is 2. The number of hydrogen-bond donors (Lipinski definition) is 2. The molecule has 1 aromatic carbocycles. The van der Waals surface area contributed by atoms with Crippen LogP contribution in [0.4, 0.5) is 5.69 Å². The normalized spacial score (nSPS) is 17.7. The molecule has 1 heterocycles. The SMILES string of the molecule is CC[C@@H](C)NC(=O)CCNS(=O)(=O)c1ccc2c(c1)C[C@@H](C)N2C(C)=O. The van der Waals surface area contributed by atoms with Crippen LogP contribution in [0.2, 0.25) is 0 Å². The van der Waals surface area contributed by atoms with Crippen molar-refractivity contribution < 1.29 is 18.0 Å². The number of carbonyl (C=O) groups is 2. The number of rotatable bonds is 7. The smallest absolute Gasteiger partial charge is 0.240 e. The molecule has 0 spiro atoms. The van der Waals surface area contributed by atoms with Gasteiger partial charge in [0.15, 0.2) is 0 Å². The summed E-state index contributed by atoms with van der Waals surface area (Å²) >= 11 is 0. The minimum absolute atomic E-state index is 0.0117. The van der Waals surface area contributed by atoms with Crippen LogP contribution in [-0.2, 0) is 26.0 Å². The first kappa shape index (κ1) is 20.4. The molecule has 0 aromatic heterocycles. The predicted octanol–water partition coefficient (Wildman–Crippen LogP) is 1.57. The molecule has 0 unspecified atom stereocenters. The Labute approximate surface area is 155 Å². The van der Waals surface area contributed by atoms with Crippen molar-refractivity contribution in [1.82, 2.24) is 10.0 Å². The number of anilines is 1. The van der Waals surface area contributed by atoms with Crippen molar-refractivity contribution in [2.24, 2.45) is 0 Å². The molecule has 0 fully saturated rings. The summed E-state index contributed by atoms with van der Waals surface area (Å²) in [6.45, 7) is 7.34. The van der Waals surface area contributed by atoms with E-state index < -0.39 is 10.0 Å². The van der Waals surface area contributed by atoms with E-state index in [4.69, 9.17) is 0 Å². The van der Waals surface area contributed by atoms with Gasteiger partial charge in [-0.3, -0.25) is 9.59 Å². The van der Waals surface area contributed by atoms with E-state index in [1.165, 1.54) is 13.0 Å². The lowest BCUT2D eigenvalue weighted by Crippen LogP contribution is -2.35. The lowest BCUT2D eigenvalue weighted by atomic mass is 10.1. The zero-order chi connectivity index (χ0) is 19.5. The fourth-order valence-corrected chi connectivity index (χ4v) is 4.17. The molecule has 0 aliphatic carbocycles. The largest absolute Gasteiger partial charge is 0.354 e. The molecule has 2 amide bonds. The van der Waals surface area contributed by atoms with E-state index in [0.29, 0.717) is 6.42 Å². The van der Waals surface area contributed by atoms with E-state index in [9.17, 15) is 18.0 Å². The fourth-order valence-electron chi connectivity index (χ4n) is 3.09. The quantitative estimate of drug-likeness (QED) is 0.749. The predicted molar refractivity (Wildman–Crippen MR) is 100 cm³/mol. The van der Waals surface area contributed by atoms with Crippen LogP contribution in [0, 0.1) is 0 Å². The number of sulfonamides is 1. The topological polar surface area (TPSA) is 95.6 Å². The summed E-state index contributed by atoms with van der Waals surface area (Å²) in [6, 6.07) is 4.86. The van der Waals surface area contributed by atoms with Crippen LogP contribution >= 0.6 is 0 Å². The van der Waals surface area contributed by atoms with Gasteiger partial charge in [0.25, 0.3) is 0 Å². The summed E-state index contributed by atoms with van der Waals surface area (Å²) in [6.07, 6.45) is 1.53. The Kier molecular flexibility index (Phi) is 6.41.